The summed E-state index contributed by atoms with van der Waals surface area (Å²) in [5.74, 6) is 0.638. The molecule has 3 aliphatic rings. The van der Waals surface area contributed by atoms with Crippen LogP contribution >= 0.6 is 23.1 Å². The van der Waals surface area contributed by atoms with Gasteiger partial charge in [-0.1, -0.05) is 23.9 Å². The van der Waals surface area contributed by atoms with E-state index in [9.17, 15) is 4.79 Å². The van der Waals surface area contributed by atoms with Crippen LogP contribution in [0.2, 0.25) is 0 Å². The number of aromatic nitrogens is 2. The lowest BCUT2D eigenvalue weighted by molar-refractivity contribution is -0.148. The number of carbonyl (C=O) groups is 1. The SMILES string of the molecule is Nc1ncc(CN2CCC(F)(C(=O)N3CCC(N4c5ccccc5Sc5cccnc54)CC3)CC2)s1. The average Bonchev–Trinajstić information content (AvgIpc) is 3.32. The van der Waals surface area contributed by atoms with Crippen LogP contribution in [0.4, 0.5) is 21.0 Å². The monoisotopic (exact) mass is 524 g/mol. The maximum atomic E-state index is 15.8. The lowest BCUT2D eigenvalue weighted by atomic mass is 9.90. The first-order valence-electron chi connectivity index (χ1n) is 12.4. The second kappa shape index (κ2) is 9.64. The molecule has 188 valence electrons. The van der Waals surface area contributed by atoms with Gasteiger partial charge in [0.1, 0.15) is 5.82 Å². The molecule has 36 heavy (non-hydrogen) atoms. The van der Waals surface area contributed by atoms with Crippen molar-refractivity contribution in [2.24, 2.45) is 0 Å². The number of fused-ring (bicyclic) bond motifs is 2. The van der Waals surface area contributed by atoms with E-state index >= 15 is 4.39 Å². The Labute approximate surface area is 218 Å². The number of anilines is 3. The predicted molar refractivity (Wildman–Crippen MR) is 141 cm³/mol. The number of benzene rings is 1. The molecule has 0 radical (unpaired) electrons. The molecule has 7 nitrogen and oxygen atoms in total. The number of carbonyl (C=O) groups excluding carboxylic acids is 1. The number of hydrogen-bond acceptors (Lipinski definition) is 8. The van der Waals surface area contributed by atoms with Crippen LogP contribution in [0.25, 0.3) is 0 Å². The van der Waals surface area contributed by atoms with Crippen LogP contribution in [0.3, 0.4) is 0 Å². The summed E-state index contributed by atoms with van der Waals surface area (Å²) >= 11 is 3.20. The summed E-state index contributed by atoms with van der Waals surface area (Å²) in [7, 11) is 0. The van der Waals surface area contributed by atoms with Gasteiger partial charge in [-0.3, -0.25) is 9.69 Å². The second-order valence-corrected chi connectivity index (χ2v) is 11.9. The highest BCUT2D eigenvalue weighted by atomic mass is 32.2. The quantitative estimate of drug-likeness (QED) is 0.529. The van der Waals surface area contributed by atoms with Crippen LogP contribution in [0.5, 0.6) is 0 Å². The Morgan fingerprint density at radius 2 is 1.81 bits per heavy atom. The van der Waals surface area contributed by atoms with Crippen LogP contribution in [0.15, 0.2) is 58.6 Å². The van der Waals surface area contributed by atoms with Gasteiger partial charge < -0.3 is 15.5 Å². The van der Waals surface area contributed by atoms with Gasteiger partial charge in [0.25, 0.3) is 5.91 Å². The topological polar surface area (TPSA) is 78.6 Å². The molecule has 2 N–H and O–H groups in total. The maximum absolute atomic E-state index is 15.8. The number of nitrogen functional groups attached to an aromatic ring is 1. The highest BCUT2D eigenvalue weighted by Crippen LogP contribution is 2.48. The fraction of sp³-hybridized carbons (Fsp3) is 0.423. The molecule has 0 unspecified atom stereocenters. The van der Waals surface area contributed by atoms with Crippen molar-refractivity contribution in [3.8, 4) is 0 Å². The number of para-hydroxylation sites is 1. The molecule has 10 heteroatoms. The van der Waals surface area contributed by atoms with Crippen molar-refractivity contribution in [1.29, 1.82) is 0 Å². The molecule has 0 bridgehead atoms. The predicted octanol–water partition coefficient (Wildman–Crippen LogP) is 4.72. The largest absolute Gasteiger partial charge is 0.375 e. The normalized spacial score (nSPS) is 20.1. The van der Waals surface area contributed by atoms with Gasteiger partial charge in [-0.25, -0.2) is 14.4 Å². The van der Waals surface area contributed by atoms with E-state index in [0.717, 1.165) is 34.1 Å². The van der Waals surface area contributed by atoms with Crippen molar-refractivity contribution in [3.63, 3.8) is 0 Å². The minimum Gasteiger partial charge on any atom is -0.375 e. The molecule has 3 aromatic rings. The first kappa shape index (κ1) is 23.7. The number of rotatable bonds is 4. The highest BCUT2D eigenvalue weighted by Gasteiger charge is 2.45. The molecule has 0 aliphatic carbocycles. The smallest absolute Gasteiger partial charge is 0.260 e. The summed E-state index contributed by atoms with van der Waals surface area (Å²) in [4.78, 5) is 31.8. The van der Waals surface area contributed by atoms with Gasteiger partial charge in [0, 0.05) is 73.8 Å². The summed E-state index contributed by atoms with van der Waals surface area (Å²) in [5.41, 5.74) is 5.11. The van der Waals surface area contributed by atoms with E-state index in [4.69, 9.17) is 10.7 Å². The summed E-state index contributed by atoms with van der Waals surface area (Å²) in [5, 5.41) is 0.548. The van der Waals surface area contributed by atoms with Gasteiger partial charge in [-0.15, -0.1) is 11.3 Å². The van der Waals surface area contributed by atoms with E-state index in [-0.39, 0.29) is 24.8 Å². The van der Waals surface area contributed by atoms with E-state index in [1.54, 1.807) is 22.9 Å². The molecular weight excluding hydrogens is 495 g/mol. The number of hydrogen-bond donors (Lipinski definition) is 1. The van der Waals surface area contributed by atoms with Crippen LogP contribution in [0, 0.1) is 0 Å². The van der Waals surface area contributed by atoms with Gasteiger partial charge in [0.05, 0.1) is 10.6 Å². The van der Waals surface area contributed by atoms with Crippen molar-refractivity contribution in [2.45, 2.75) is 53.7 Å². The summed E-state index contributed by atoms with van der Waals surface area (Å²) in [6, 6.07) is 12.7. The molecule has 3 aliphatic heterocycles. The molecular formula is C26H29FN6OS2. The number of alkyl halides is 1. The molecule has 0 saturated carbocycles. The number of thiazole rings is 1. The van der Waals surface area contributed by atoms with Crippen LogP contribution < -0.4 is 10.6 Å². The van der Waals surface area contributed by atoms with Gasteiger partial charge in [-0.2, -0.15) is 0 Å². The zero-order valence-electron chi connectivity index (χ0n) is 20.0. The lowest BCUT2D eigenvalue weighted by Gasteiger charge is -2.44. The first-order valence-corrected chi connectivity index (χ1v) is 14.1. The van der Waals surface area contributed by atoms with Crippen molar-refractivity contribution >= 4 is 45.6 Å². The minimum atomic E-state index is -1.78. The fourth-order valence-corrected chi connectivity index (χ4v) is 7.26. The minimum absolute atomic E-state index is 0.217. The number of piperidine rings is 2. The molecule has 2 fully saturated rings. The molecule has 0 spiro atoms. The van der Waals surface area contributed by atoms with Crippen molar-refractivity contribution in [2.75, 3.05) is 36.8 Å². The first-order chi connectivity index (χ1) is 17.5. The van der Waals surface area contributed by atoms with Crippen molar-refractivity contribution in [1.82, 2.24) is 19.8 Å². The molecule has 2 saturated heterocycles. The van der Waals surface area contributed by atoms with Gasteiger partial charge >= 0.3 is 0 Å². The number of nitrogens with two attached hydrogens (primary N) is 1. The Balaban J connectivity index is 1.10. The second-order valence-electron chi connectivity index (χ2n) is 9.69. The standard InChI is InChI=1S/C26H29FN6OS2/c27-26(9-14-31(15-10-26)17-19-16-30-25(28)35-19)24(34)32-12-7-18(8-13-32)33-20-4-1-2-5-21(20)36-22-6-3-11-29-23(22)33/h1-6,11,16,18H,7-10,12-15,17H2,(H2,28,30). The number of nitrogens with zero attached hydrogens (tertiary/aromatic N) is 5. The highest BCUT2D eigenvalue weighted by molar-refractivity contribution is 7.99. The van der Waals surface area contributed by atoms with Crippen LogP contribution in [-0.2, 0) is 11.3 Å². The summed E-state index contributed by atoms with van der Waals surface area (Å²) < 4.78 is 15.8. The van der Waals surface area contributed by atoms with Crippen molar-refractivity contribution < 1.29 is 9.18 Å². The van der Waals surface area contributed by atoms with E-state index < -0.39 is 5.67 Å². The Hall–Kier alpha value is -2.69. The molecule has 0 atom stereocenters. The zero-order valence-corrected chi connectivity index (χ0v) is 21.6. The molecule has 5 heterocycles. The Bertz CT molecular complexity index is 1210. The Kier molecular flexibility index (Phi) is 6.35. The third-order valence-corrected chi connectivity index (χ3v) is 9.34. The van der Waals surface area contributed by atoms with Gasteiger partial charge in [-0.05, 0) is 37.1 Å². The number of halogens is 1. The molecule has 1 amide bonds. The Morgan fingerprint density at radius 1 is 1.06 bits per heavy atom. The van der Waals surface area contributed by atoms with E-state index in [1.165, 1.54) is 16.2 Å². The zero-order chi connectivity index (χ0) is 24.7. The van der Waals surface area contributed by atoms with E-state index in [0.29, 0.717) is 37.9 Å². The molecule has 6 rings (SSSR count). The number of likely N-dealkylation sites (tertiary alicyclic amines) is 2. The van der Waals surface area contributed by atoms with Gasteiger partial charge in [0.15, 0.2) is 10.8 Å². The summed E-state index contributed by atoms with van der Waals surface area (Å²) in [6.07, 6.45) is 5.65. The molecule has 1 aromatic carbocycles. The third-order valence-electron chi connectivity index (χ3n) is 7.42. The lowest BCUT2D eigenvalue weighted by Crippen LogP contribution is -2.55. The maximum Gasteiger partial charge on any atom is 0.260 e. The van der Waals surface area contributed by atoms with Crippen LogP contribution in [0.1, 0.15) is 30.6 Å². The number of amides is 1. The molecule has 2 aromatic heterocycles. The third kappa shape index (κ3) is 4.46. The van der Waals surface area contributed by atoms with Crippen molar-refractivity contribution in [3.05, 3.63) is 53.7 Å². The van der Waals surface area contributed by atoms with E-state index in [1.807, 2.05) is 12.3 Å². The summed E-state index contributed by atoms with van der Waals surface area (Å²) in [6.45, 7) is 2.94. The average molecular weight is 525 g/mol. The fourth-order valence-electron chi connectivity index (χ4n) is 5.49. The van der Waals surface area contributed by atoms with Crippen LogP contribution in [-0.4, -0.2) is 63.6 Å². The van der Waals surface area contributed by atoms with Gasteiger partial charge in [0.2, 0.25) is 0 Å². The van der Waals surface area contributed by atoms with E-state index in [2.05, 4.69) is 45.1 Å². The Morgan fingerprint density at radius 3 is 2.56 bits per heavy atom. The number of pyridine rings is 1.